The first-order chi connectivity index (χ1) is 5.25. The molecule has 0 aromatic carbocycles. The van der Waals surface area contributed by atoms with Gasteiger partial charge in [-0.05, 0) is 29.0 Å². The minimum atomic E-state index is 0.778. The predicted molar refractivity (Wildman–Crippen MR) is 52.3 cm³/mol. The average Bonchev–Trinajstić information content (AvgIpc) is 2.63. The third-order valence-electron chi connectivity index (χ3n) is 2.77. The first-order valence-corrected chi connectivity index (χ1v) is 4.39. The summed E-state index contributed by atoms with van der Waals surface area (Å²) in [6, 6.07) is 4.47. The zero-order chi connectivity index (χ0) is 8.01. The van der Waals surface area contributed by atoms with E-state index in [0.717, 1.165) is 5.92 Å². The second kappa shape index (κ2) is 2.13. The highest BCUT2D eigenvalue weighted by molar-refractivity contribution is 6.39. The van der Waals surface area contributed by atoms with Crippen LogP contribution in [0.2, 0.25) is 0 Å². The van der Waals surface area contributed by atoms with Gasteiger partial charge in [0.25, 0.3) is 0 Å². The van der Waals surface area contributed by atoms with Gasteiger partial charge in [-0.3, -0.25) is 0 Å². The Morgan fingerprint density at radius 3 is 2.64 bits per heavy atom. The normalized spacial score (nSPS) is 14.7. The molecular formula is C10H13B. The molecule has 0 fully saturated rings. The lowest BCUT2D eigenvalue weighted by Crippen LogP contribution is -1.96. The van der Waals surface area contributed by atoms with Gasteiger partial charge in [0.15, 0.2) is 0 Å². The molecule has 1 heteroatoms. The van der Waals surface area contributed by atoms with Crippen LogP contribution >= 0.6 is 0 Å². The molecule has 0 heterocycles. The van der Waals surface area contributed by atoms with E-state index in [9.17, 15) is 0 Å². The van der Waals surface area contributed by atoms with Crippen LogP contribution in [0.5, 0.6) is 0 Å². The third kappa shape index (κ3) is 0.836. The number of benzene rings is 1. The summed E-state index contributed by atoms with van der Waals surface area (Å²) in [7, 11) is 2.20. The SMILES string of the molecule is Bc1ccc2c(C(C)CC)c1-2. The monoisotopic (exact) mass is 144 g/mol. The van der Waals surface area contributed by atoms with Crippen LogP contribution in [-0.2, 0) is 0 Å². The maximum Gasteiger partial charge on any atom is 0.140 e. The lowest BCUT2D eigenvalue weighted by molar-refractivity contribution is 0.752. The summed E-state index contributed by atoms with van der Waals surface area (Å²) < 4.78 is 0. The van der Waals surface area contributed by atoms with Gasteiger partial charge in [-0.15, -0.1) is 0 Å². The van der Waals surface area contributed by atoms with Crippen molar-refractivity contribution in [3.05, 3.63) is 17.7 Å². The van der Waals surface area contributed by atoms with E-state index in [1.807, 2.05) is 0 Å². The average molecular weight is 144 g/mol. The van der Waals surface area contributed by atoms with E-state index in [-0.39, 0.29) is 0 Å². The van der Waals surface area contributed by atoms with Crippen molar-refractivity contribution in [2.75, 3.05) is 0 Å². The van der Waals surface area contributed by atoms with Crippen molar-refractivity contribution in [2.45, 2.75) is 26.2 Å². The van der Waals surface area contributed by atoms with Gasteiger partial charge in [-0.1, -0.05) is 31.4 Å². The van der Waals surface area contributed by atoms with Gasteiger partial charge >= 0.3 is 0 Å². The molecule has 0 aromatic rings. The Bertz CT molecular complexity index is 302. The van der Waals surface area contributed by atoms with Crippen molar-refractivity contribution in [2.24, 2.45) is 0 Å². The molecule has 11 heavy (non-hydrogen) atoms. The predicted octanol–water partition coefficient (Wildman–Crippen LogP) is 1.44. The zero-order valence-corrected chi connectivity index (χ0v) is 7.44. The van der Waals surface area contributed by atoms with Crippen LogP contribution in [-0.4, -0.2) is 7.85 Å². The molecule has 1 unspecified atom stereocenters. The van der Waals surface area contributed by atoms with Crippen LogP contribution in [0.15, 0.2) is 12.1 Å². The molecule has 0 aromatic heterocycles. The Labute approximate surface area is 69.0 Å². The third-order valence-corrected chi connectivity index (χ3v) is 2.77. The van der Waals surface area contributed by atoms with Gasteiger partial charge in [0.1, 0.15) is 7.85 Å². The summed E-state index contributed by atoms with van der Waals surface area (Å²) in [6.45, 7) is 4.57. The van der Waals surface area contributed by atoms with Crippen molar-refractivity contribution >= 4 is 13.3 Å². The van der Waals surface area contributed by atoms with Gasteiger partial charge in [0.2, 0.25) is 0 Å². The van der Waals surface area contributed by atoms with E-state index >= 15 is 0 Å². The molecule has 0 amide bonds. The summed E-state index contributed by atoms with van der Waals surface area (Å²) >= 11 is 0. The second-order valence-corrected chi connectivity index (χ2v) is 3.53. The molecule has 0 spiro atoms. The van der Waals surface area contributed by atoms with Crippen molar-refractivity contribution in [3.8, 4) is 11.1 Å². The number of rotatable bonds is 2. The maximum absolute atomic E-state index is 2.31. The molecule has 56 valence electrons. The van der Waals surface area contributed by atoms with E-state index < -0.39 is 0 Å². The topological polar surface area (TPSA) is 0 Å². The largest absolute Gasteiger partial charge is 0.140 e. The molecule has 0 saturated carbocycles. The van der Waals surface area contributed by atoms with E-state index in [2.05, 4.69) is 33.8 Å². The van der Waals surface area contributed by atoms with Crippen LogP contribution in [0.3, 0.4) is 0 Å². The highest BCUT2D eigenvalue weighted by Gasteiger charge is 2.28. The fourth-order valence-electron chi connectivity index (χ4n) is 1.82. The summed E-state index contributed by atoms with van der Waals surface area (Å²) in [4.78, 5) is 0. The Morgan fingerprint density at radius 2 is 2.18 bits per heavy atom. The number of hydrogen-bond acceptors (Lipinski definition) is 0. The summed E-state index contributed by atoms with van der Waals surface area (Å²) in [5, 5.41) is 0. The maximum atomic E-state index is 2.31. The minimum absolute atomic E-state index is 0.778. The highest BCUT2D eigenvalue weighted by Crippen LogP contribution is 2.46. The first kappa shape index (κ1) is 6.96. The smallest absolute Gasteiger partial charge is 0.0809 e. The standard InChI is InChI=1S/C10H13B/c1-3-6(2)9-7-4-5-8(11)10(7)9/h4-6H,3,11H2,1-2H3. The molecule has 0 N–H and O–H groups in total. The Morgan fingerprint density at radius 1 is 1.45 bits per heavy atom. The fraction of sp³-hybridized carbons (Fsp3) is 0.400. The Kier molecular flexibility index (Phi) is 1.35. The van der Waals surface area contributed by atoms with Gasteiger partial charge in [-0.2, -0.15) is 0 Å². The molecule has 0 radical (unpaired) electrons. The minimum Gasteiger partial charge on any atom is -0.0809 e. The van der Waals surface area contributed by atoms with E-state index in [0.29, 0.717) is 0 Å². The van der Waals surface area contributed by atoms with E-state index in [4.69, 9.17) is 0 Å². The summed E-state index contributed by atoms with van der Waals surface area (Å²) in [6.07, 6.45) is 1.27. The van der Waals surface area contributed by atoms with Crippen molar-refractivity contribution in [1.29, 1.82) is 0 Å². The zero-order valence-electron chi connectivity index (χ0n) is 7.44. The number of hydrogen-bond donors (Lipinski definition) is 0. The second-order valence-electron chi connectivity index (χ2n) is 3.53. The van der Waals surface area contributed by atoms with Crippen LogP contribution in [0.1, 0.15) is 31.7 Å². The molecule has 0 aliphatic heterocycles. The summed E-state index contributed by atoms with van der Waals surface area (Å²) in [5.41, 5.74) is 6.21. The van der Waals surface area contributed by atoms with E-state index in [1.165, 1.54) is 17.4 Å². The molecule has 0 nitrogen and oxygen atoms in total. The molecule has 0 bridgehead atoms. The molecule has 2 rings (SSSR count). The fourth-order valence-corrected chi connectivity index (χ4v) is 1.82. The van der Waals surface area contributed by atoms with Gasteiger partial charge in [-0.25, -0.2) is 0 Å². The van der Waals surface area contributed by atoms with Crippen LogP contribution < -0.4 is 5.46 Å². The molecule has 2 aliphatic rings. The molecular weight excluding hydrogens is 131 g/mol. The van der Waals surface area contributed by atoms with Gasteiger partial charge < -0.3 is 0 Å². The van der Waals surface area contributed by atoms with Crippen LogP contribution in [0, 0.1) is 0 Å². The van der Waals surface area contributed by atoms with Gasteiger partial charge in [0.05, 0.1) is 0 Å². The summed E-state index contributed by atoms with van der Waals surface area (Å²) in [5.74, 6) is 0.778. The molecule has 2 aliphatic carbocycles. The Hall–Kier alpha value is -0.715. The van der Waals surface area contributed by atoms with Crippen LogP contribution in [0.25, 0.3) is 11.1 Å². The van der Waals surface area contributed by atoms with Crippen molar-refractivity contribution in [1.82, 2.24) is 0 Å². The quantitative estimate of drug-likeness (QED) is 0.559. The molecule has 0 saturated heterocycles. The van der Waals surface area contributed by atoms with E-state index in [1.54, 1.807) is 11.1 Å². The van der Waals surface area contributed by atoms with Crippen LogP contribution in [0.4, 0.5) is 0 Å². The van der Waals surface area contributed by atoms with Crippen molar-refractivity contribution in [3.63, 3.8) is 0 Å². The Balaban J connectivity index is 2.33. The lowest BCUT2D eigenvalue weighted by Gasteiger charge is -1.98. The van der Waals surface area contributed by atoms with Crippen molar-refractivity contribution < 1.29 is 0 Å². The number of fused-ring (bicyclic) bond motifs is 1. The first-order valence-electron chi connectivity index (χ1n) is 4.39. The lowest BCUT2D eigenvalue weighted by atomic mass is 9.96. The van der Waals surface area contributed by atoms with Gasteiger partial charge in [0, 0.05) is 0 Å². The highest BCUT2D eigenvalue weighted by atomic mass is 14.3. The molecule has 1 atom stereocenters.